The van der Waals surface area contributed by atoms with Crippen molar-refractivity contribution in [3.63, 3.8) is 0 Å². The number of fused-ring (bicyclic) bond motifs is 3. The van der Waals surface area contributed by atoms with E-state index < -0.39 is 23.3 Å². The van der Waals surface area contributed by atoms with Crippen LogP contribution in [0.2, 0.25) is 0 Å². The van der Waals surface area contributed by atoms with Crippen molar-refractivity contribution in [3.8, 4) is 0 Å². The van der Waals surface area contributed by atoms with E-state index in [0.717, 1.165) is 17.4 Å². The van der Waals surface area contributed by atoms with Gasteiger partial charge in [0.25, 0.3) is 11.5 Å². The second kappa shape index (κ2) is 9.44. The maximum Gasteiger partial charge on any atom is 0.268 e. The molecule has 6 rings (SSSR count). The number of hydrogen-bond donors (Lipinski definition) is 2. The Balaban J connectivity index is 1.34. The molecular formula is C27H29F2N7O3. The molecule has 1 amide bonds. The first-order chi connectivity index (χ1) is 18.6. The number of ketones is 1. The Bertz CT molecular complexity index is 1540. The SMILES string of the molecule is CC(=O)c1c(C)c2cnc(Nc3ccc(N4C[C@H]5CC[C@@H](CC4=O)N5)cn3)nc2n([C@H]2CCCC2(F)F)c1=O. The van der Waals surface area contributed by atoms with Gasteiger partial charge in [0.2, 0.25) is 11.9 Å². The minimum Gasteiger partial charge on any atom is -0.309 e. The zero-order valence-electron chi connectivity index (χ0n) is 21.7. The maximum absolute atomic E-state index is 14.8. The Morgan fingerprint density at radius 3 is 2.62 bits per heavy atom. The molecule has 0 unspecified atom stereocenters. The average molecular weight is 538 g/mol. The molecule has 2 bridgehead atoms. The molecule has 2 saturated heterocycles. The van der Waals surface area contributed by atoms with Gasteiger partial charge in [-0.2, -0.15) is 4.98 Å². The number of alkyl halides is 2. The number of aryl methyl sites for hydroxylation is 1. The summed E-state index contributed by atoms with van der Waals surface area (Å²) in [6, 6.07) is 2.56. The monoisotopic (exact) mass is 537 g/mol. The van der Waals surface area contributed by atoms with Gasteiger partial charge in [0.05, 0.1) is 17.4 Å². The molecule has 12 heteroatoms. The summed E-state index contributed by atoms with van der Waals surface area (Å²) in [5.41, 5.74) is 0.194. The Morgan fingerprint density at radius 2 is 1.92 bits per heavy atom. The third kappa shape index (κ3) is 4.46. The first kappa shape index (κ1) is 25.5. The van der Waals surface area contributed by atoms with Gasteiger partial charge in [-0.3, -0.25) is 19.0 Å². The fraction of sp³-hybridized carbons (Fsp3) is 0.481. The van der Waals surface area contributed by atoms with Gasteiger partial charge in [0.1, 0.15) is 17.5 Å². The van der Waals surface area contributed by atoms with Crippen molar-refractivity contribution >= 4 is 40.2 Å². The largest absolute Gasteiger partial charge is 0.309 e. The van der Waals surface area contributed by atoms with Crippen LogP contribution in [0.15, 0.2) is 29.3 Å². The minimum absolute atomic E-state index is 0.0425. The second-order valence-corrected chi connectivity index (χ2v) is 10.7. The summed E-state index contributed by atoms with van der Waals surface area (Å²) in [6.45, 7) is 3.43. The first-order valence-corrected chi connectivity index (χ1v) is 13.2. The Kier molecular flexibility index (Phi) is 6.17. The molecule has 204 valence electrons. The number of aromatic nitrogens is 4. The van der Waals surface area contributed by atoms with Gasteiger partial charge in [-0.25, -0.2) is 18.7 Å². The van der Waals surface area contributed by atoms with Crippen molar-refractivity contribution < 1.29 is 18.4 Å². The molecule has 3 aliphatic rings. The number of carbonyl (C=O) groups is 2. The van der Waals surface area contributed by atoms with Crippen molar-refractivity contribution in [2.24, 2.45) is 0 Å². The number of amides is 1. The molecule has 1 aliphatic carbocycles. The summed E-state index contributed by atoms with van der Waals surface area (Å²) in [7, 11) is 0. The number of nitrogens with one attached hydrogen (secondary N) is 2. The topological polar surface area (TPSA) is 122 Å². The lowest BCUT2D eigenvalue weighted by molar-refractivity contribution is -0.118. The molecule has 3 aromatic heterocycles. The number of halogens is 2. The Morgan fingerprint density at radius 1 is 1.13 bits per heavy atom. The fourth-order valence-electron chi connectivity index (χ4n) is 6.16. The molecule has 2 aliphatic heterocycles. The molecule has 3 atom stereocenters. The van der Waals surface area contributed by atoms with Crippen LogP contribution in [0, 0.1) is 6.92 Å². The van der Waals surface area contributed by atoms with Gasteiger partial charge in [0.15, 0.2) is 5.78 Å². The molecule has 10 nitrogen and oxygen atoms in total. The van der Waals surface area contributed by atoms with Crippen LogP contribution in [0.4, 0.5) is 26.2 Å². The van der Waals surface area contributed by atoms with Gasteiger partial charge >= 0.3 is 0 Å². The van der Waals surface area contributed by atoms with E-state index in [2.05, 4.69) is 25.6 Å². The smallest absolute Gasteiger partial charge is 0.268 e. The van der Waals surface area contributed by atoms with Crippen molar-refractivity contribution in [2.45, 2.75) is 76.4 Å². The molecule has 3 fully saturated rings. The predicted octanol–water partition coefficient (Wildman–Crippen LogP) is 3.66. The van der Waals surface area contributed by atoms with Crippen LogP contribution in [0.25, 0.3) is 11.0 Å². The lowest BCUT2D eigenvalue weighted by Crippen LogP contribution is -2.37. The number of carbonyl (C=O) groups excluding carboxylic acids is 2. The van der Waals surface area contributed by atoms with E-state index in [4.69, 9.17) is 0 Å². The third-order valence-electron chi connectivity index (χ3n) is 8.11. The quantitative estimate of drug-likeness (QED) is 0.473. The minimum atomic E-state index is -3.10. The van der Waals surface area contributed by atoms with Gasteiger partial charge in [0, 0.05) is 43.1 Å². The average Bonchev–Trinajstić information content (AvgIpc) is 3.42. The van der Waals surface area contributed by atoms with E-state index in [1.165, 1.54) is 13.1 Å². The van der Waals surface area contributed by atoms with Crippen LogP contribution in [0.3, 0.4) is 0 Å². The van der Waals surface area contributed by atoms with Gasteiger partial charge in [-0.15, -0.1) is 0 Å². The number of rotatable bonds is 5. The van der Waals surface area contributed by atoms with E-state index in [1.807, 2.05) is 0 Å². The third-order valence-corrected chi connectivity index (χ3v) is 8.11. The lowest BCUT2D eigenvalue weighted by atomic mass is 10.0. The molecule has 39 heavy (non-hydrogen) atoms. The van der Waals surface area contributed by atoms with Crippen LogP contribution >= 0.6 is 0 Å². The van der Waals surface area contributed by atoms with E-state index in [9.17, 15) is 23.2 Å². The highest BCUT2D eigenvalue weighted by atomic mass is 19.3. The lowest BCUT2D eigenvalue weighted by Gasteiger charge is -2.24. The first-order valence-electron chi connectivity index (χ1n) is 13.2. The molecule has 0 aromatic carbocycles. The van der Waals surface area contributed by atoms with Gasteiger partial charge < -0.3 is 15.5 Å². The highest BCUT2D eigenvalue weighted by Gasteiger charge is 2.46. The molecule has 3 aromatic rings. The molecule has 1 saturated carbocycles. The summed E-state index contributed by atoms with van der Waals surface area (Å²) >= 11 is 0. The number of hydrogen-bond acceptors (Lipinski definition) is 8. The van der Waals surface area contributed by atoms with E-state index in [1.54, 1.807) is 30.2 Å². The van der Waals surface area contributed by atoms with Crippen LogP contribution in [-0.4, -0.2) is 55.8 Å². The number of anilines is 3. The normalized spacial score (nSPS) is 24.3. The highest BCUT2D eigenvalue weighted by Crippen LogP contribution is 2.44. The predicted molar refractivity (Wildman–Crippen MR) is 141 cm³/mol. The van der Waals surface area contributed by atoms with Crippen LogP contribution < -0.4 is 21.1 Å². The van der Waals surface area contributed by atoms with E-state index in [-0.39, 0.29) is 54.4 Å². The summed E-state index contributed by atoms with van der Waals surface area (Å²) < 4.78 is 30.6. The number of pyridine rings is 2. The molecular weight excluding hydrogens is 508 g/mol. The van der Waals surface area contributed by atoms with Crippen molar-refractivity contribution in [3.05, 3.63) is 46.0 Å². The van der Waals surface area contributed by atoms with Crippen LogP contribution in [0.5, 0.6) is 0 Å². The molecule has 5 heterocycles. The standard InChI is InChI=1S/C27H29F2N7O3/c1-14-19-12-31-26(34-24(19)36(25(39)23(14)15(2)37)20-4-3-9-27(20,28)29)33-21-8-7-18(11-30-21)35-13-17-6-5-16(32-17)10-22(35)38/h7-8,11-12,16-17,20,32H,3-6,9-10,13H2,1-2H3,(H,30,31,33,34)/t16-,17+,20-/m0/s1. The van der Waals surface area contributed by atoms with Gasteiger partial charge in [-0.05, 0) is 57.2 Å². The van der Waals surface area contributed by atoms with Gasteiger partial charge in [-0.1, -0.05) is 0 Å². The Labute approximate surface area is 222 Å². The summed E-state index contributed by atoms with van der Waals surface area (Å²) in [6.07, 6.45) is 5.56. The second-order valence-electron chi connectivity index (χ2n) is 10.7. The van der Waals surface area contributed by atoms with E-state index in [0.29, 0.717) is 35.4 Å². The van der Waals surface area contributed by atoms with Crippen molar-refractivity contribution in [1.29, 1.82) is 0 Å². The summed E-state index contributed by atoms with van der Waals surface area (Å²) in [5.74, 6) is -3.09. The number of nitrogens with zero attached hydrogens (tertiary/aromatic N) is 5. The fourth-order valence-corrected chi connectivity index (χ4v) is 6.16. The molecule has 2 N–H and O–H groups in total. The van der Waals surface area contributed by atoms with Crippen LogP contribution in [-0.2, 0) is 4.79 Å². The highest BCUT2D eigenvalue weighted by molar-refractivity contribution is 5.99. The van der Waals surface area contributed by atoms with Crippen molar-refractivity contribution in [1.82, 2.24) is 24.8 Å². The summed E-state index contributed by atoms with van der Waals surface area (Å²) in [5, 5.41) is 6.82. The number of Topliss-reactive ketones (excluding diaryl/α,β-unsaturated/α-hetero) is 1. The Hall–Kier alpha value is -3.80. The molecule has 0 radical (unpaired) electrons. The van der Waals surface area contributed by atoms with Crippen LogP contribution in [0.1, 0.15) is 67.4 Å². The maximum atomic E-state index is 14.8. The zero-order valence-corrected chi connectivity index (χ0v) is 21.7. The van der Waals surface area contributed by atoms with E-state index >= 15 is 0 Å². The zero-order chi connectivity index (χ0) is 27.5. The summed E-state index contributed by atoms with van der Waals surface area (Å²) in [4.78, 5) is 53.3. The molecule has 0 spiro atoms. The van der Waals surface area contributed by atoms with Crippen molar-refractivity contribution in [2.75, 3.05) is 16.8 Å².